The van der Waals surface area contributed by atoms with Crippen molar-refractivity contribution in [2.24, 2.45) is 0 Å². The summed E-state index contributed by atoms with van der Waals surface area (Å²) in [6.07, 6.45) is 5.35. The van der Waals surface area contributed by atoms with E-state index in [4.69, 9.17) is 10.5 Å². The minimum Gasteiger partial charge on any atom is -0.497 e. The zero-order valence-corrected chi connectivity index (χ0v) is 12.0. The predicted molar refractivity (Wildman–Crippen MR) is 82.5 cm³/mol. The number of anilines is 2. The van der Waals surface area contributed by atoms with Crippen LogP contribution < -0.4 is 15.4 Å². The molecule has 0 aliphatic carbocycles. The average molecular weight is 283 g/mol. The summed E-state index contributed by atoms with van der Waals surface area (Å²) in [5.41, 5.74) is 7.77. The van der Waals surface area contributed by atoms with Crippen molar-refractivity contribution in [3.8, 4) is 5.75 Å². The van der Waals surface area contributed by atoms with Gasteiger partial charge in [0.05, 0.1) is 13.3 Å². The van der Waals surface area contributed by atoms with Crippen LogP contribution in [0.4, 0.5) is 11.6 Å². The number of nitrogens with two attached hydrogens (primary N) is 1. The van der Waals surface area contributed by atoms with E-state index < -0.39 is 0 Å². The topological polar surface area (TPSA) is 68.7 Å². The van der Waals surface area contributed by atoms with E-state index in [-0.39, 0.29) is 0 Å². The normalized spacial score (nSPS) is 10.8. The molecule has 2 aromatic heterocycles. The van der Waals surface area contributed by atoms with Gasteiger partial charge in [-0.1, -0.05) is 12.1 Å². The smallest absolute Gasteiger partial charge is 0.180 e. The van der Waals surface area contributed by atoms with Crippen LogP contribution in [0, 0.1) is 0 Å². The molecule has 6 nitrogen and oxygen atoms in total. The van der Waals surface area contributed by atoms with E-state index in [1.807, 2.05) is 46.8 Å². The molecule has 0 atom stereocenters. The van der Waals surface area contributed by atoms with Gasteiger partial charge in [0.2, 0.25) is 0 Å². The minimum absolute atomic E-state index is 0.466. The number of imidazole rings is 1. The Hall–Kier alpha value is -2.76. The molecule has 3 rings (SSSR count). The summed E-state index contributed by atoms with van der Waals surface area (Å²) in [4.78, 5) is 10.8. The van der Waals surface area contributed by atoms with Crippen molar-refractivity contribution in [3.63, 3.8) is 0 Å². The highest BCUT2D eigenvalue weighted by atomic mass is 16.5. The SMILES string of the molecule is COc1cccc(CN(C)c2nc(N)cn3ccnc23)c1. The molecule has 108 valence electrons. The van der Waals surface area contributed by atoms with Gasteiger partial charge in [0, 0.05) is 26.0 Å². The molecule has 0 aliphatic rings. The van der Waals surface area contributed by atoms with Crippen LogP contribution in [0.2, 0.25) is 0 Å². The van der Waals surface area contributed by atoms with Crippen LogP contribution >= 0.6 is 0 Å². The number of hydrogen-bond donors (Lipinski definition) is 1. The minimum atomic E-state index is 0.466. The Labute approximate surface area is 122 Å². The van der Waals surface area contributed by atoms with Crippen molar-refractivity contribution in [1.29, 1.82) is 0 Å². The molecule has 0 bridgehead atoms. The van der Waals surface area contributed by atoms with Gasteiger partial charge in [-0.25, -0.2) is 9.97 Å². The highest BCUT2D eigenvalue weighted by Crippen LogP contribution is 2.21. The summed E-state index contributed by atoms with van der Waals surface area (Å²) in [6, 6.07) is 7.95. The van der Waals surface area contributed by atoms with E-state index in [0.717, 1.165) is 22.8 Å². The van der Waals surface area contributed by atoms with Crippen molar-refractivity contribution < 1.29 is 4.74 Å². The lowest BCUT2D eigenvalue weighted by atomic mass is 10.2. The molecule has 2 N–H and O–H groups in total. The van der Waals surface area contributed by atoms with Gasteiger partial charge in [0.1, 0.15) is 11.6 Å². The number of benzene rings is 1. The predicted octanol–water partition coefficient (Wildman–Crippen LogP) is 1.96. The third-order valence-electron chi connectivity index (χ3n) is 3.29. The number of ether oxygens (including phenoxy) is 1. The first-order chi connectivity index (χ1) is 10.2. The molecule has 6 heteroatoms. The third-order valence-corrected chi connectivity index (χ3v) is 3.29. The lowest BCUT2D eigenvalue weighted by molar-refractivity contribution is 0.414. The molecule has 0 amide bonds. The monoisotopic (exact) mass is 283 g/mol. The summed E-state index contributed by atoms with van der Waals surface area (Å²) in [5, 5.41) is 0. The molecule has 0 unspecified atom stereocenters. The Morgan fingerprint density at radius 3 is 3.05 bits per heavy atom. The molecule has 21 heavy (non-hydrogen) atoms. The lowest BCUT2D eigenvalue weighted by Gasteiger charge is -2.19. The van der Waals surface area contributed by atoms with Crippen molar-refractivity contribution in [2.75, 3.05) is 24.8 Å². The summed E-state index contributed by atoms with van der Waals surface area (Å²) >= 11 is 0. The number of methoxy groups -OCH3 is 1. The first-order valence-electron chi connectivity index (χ1n) is 6.60. The fourth-order valence-corrected chi connectivity index (χ4v) is 2.31. The van der Waals surface area contributed by atoms with Gasteiger partial charge in [0.25, 0.3) is 0 Å². The molecular weight excluding hydrogens is 266 g/mol. The molecule has 0 saturated carbocycles. The summed E-state index contributed by atoms with van der Waals surface area (Å²) < 4.78 is 7.12. The molecule has 0 fully saturated rings. The van der Waals surface area contributed by atoms with Crippen LogP contribution in [-0.2, 0) is 6.54 Å². The fourth-order valence-electron chi connectivity index (χ4n) is 2.31. The Morgan fingerprint density at radius 2 is 2.24 bits per heavy atom. The molecule has 1 aromatic carbocycles. The van der Waals surface area contributed by atoms with Crippen molar-refractivity contribution >= 4 is 17.3 Å². The van der Waals surface area contributed by atoms with Crippen LogP contribution in [0.3, 0.4) is 0 Å². The Bertz CT molecular complexity index is 768. The second-order valence-electron chi connectivity index (χ2n) is 4.86. The van der Waals surface area contributed by atoms with Crippen LogP contribution in [0.1, 0.15) is 5.56 Å². The summed E-state index contributed by atoms with van der Waals surface area (Å²) in [7, 11) is 3.63. The molecule has 2 heterocycles. The number of rotatable bonds is 4. The quantitative estimate of drug-likeness (QED) is 0.792. The van der Waals surface area contributed by atoms with Gasteiger partial charge in [0.15, 0.2) is 11.5 Å². The number of fused-ring (bicyclic) bond motifs is 1. The fraction of sp³-hybridized carbons (Fsp3) is 0.200. The zero-order chi connectivity index (χ0) is 14.8. The molecule has 3 aromatic rings. The van der Waals surface area contributed by atoms with E-state index in [2.05, 4.69) is 9.97 Å². The summed E-state index contributed by atoms with van der Waals surface area (Å²) in [5.74, 6) is 2.06. The van der Waals surface area contributed by atoms with Gasteiger partial charge < -0.3 is 19.8 Å². The second kappa shape index (κ2) is 5.32. The first kappa shape index (κ1) is 13.2. The second-order valence-corrected chi connectivity index (χ2v) is 4.86. The van der Waals surface area contributed by atoms with Gasteiger partial charge >= 0.3 is 0 Å². The Kier molecular flexibility index (Phi) is 3.35. The lowest BCUT2D eigenvalue weighted by Crippen LogP contribution is -2.19. The van der Waals surface area contributed by atoms with Gasteiger partial charge in [-0.3, -0.25) is 0 Å². The molecular formula is C15H17N5O. The number of hydrogen-bond acceptors (Lipinski definition) is 5. The summed E-state index contributed by atoms with van der Waals surface area (Å²) in [6.45, 7) is 0.691. The Balaban J connectivity index is 1.93. The van der Waals surface area contributed by atoms with E-state index >= 15 is 0 Å². The van der Waals surface area contributed by atoms with E-state index in [0.29, 0.717) is 12.4 Å². The molecule has 0 radical (unpaired) electrons. The maximum absolute atomic E-state index is 5.85. The van der Waals surface area contributed by atoms with Crippen LogP contribution in [0.15, 0.2) is 42.9 Å². The van der Waals surface area contributed by atoms with Crippen LogP contribution in [0.25, 0.3) is 5.65 Å². The third kappa shape index (κ3) is 2.60. The first-order valence-corrected chi connectivity index (χ1v) is 6.60. The maximum Gasteiger partial charge on any atom is 0.180 e. The van der Waals surface area contributed by atoms with Crippen LogP contribution in [0.5, 0.6) is 5.75 Å². The molecule has 0 saturated heterocycles. The Morgan fingerprint density at radius 1 is 1.38 bits per heavy atom. The zero-order valence-electron chi connectivity index (χ0n) is 12.0. The van der Waals surface area contributed by atoms with Crippen molar-refractivity contribution in [1.82, 2.24) is 14.4 Å². The maximum atomic E-state index is 5.85. The average Bonchev–Trinajstić information content (AvgIpc) is 2.94. The molecule has 0 aliphatic heterocycles. The van der Waals surface area contributed by atoms with Crippen molar-refractivity contribution in [2.45, 2.75) is 6.54 Å². The van der Waals surface area contributed by atoms with Crippen molar-refractivity contribution in [3.05, 3.63) is 48.4 Å². The van der Waals surface area contributed by atoms with E-state index in [1.165, 1.54) is 0 Å². The van der Waals surface area contributed by atoms with E-state index in [1.54, 1.807) is 19.5 Å². The van der Waals surface area contributed by atoms with Gasteiger partial charge in [-0.15, -0.1) is 0 Å². The standard InChI is InChI=1S/C15H17N5O/c1-19(9-11-4-3-5-12(8-11)21-2)15-14-17-6-7-20(14)10-13(16)18-15/h3-8,10H,9,16H2,1-2H3. The number of nitrogen functional groups attached to an aromatic ring is 1. The highest BCUT2D eigenvalue weighted by molar-refractivity contribution is 5.66. The number of nitrogens with zero attached hydrogens (tertiary/aromatic N) is 4. The molecule has 0 spiro atoms. The van der Waals surface area contributed by atoms with Gasteiger partial charge in [-0.05, 0) is 17.7 Å². The number of aromatic nitrogens is 3. The largest absolute Gasteiger partial charge is 0.497 e. The highest BCUT2D eigenvalue weighted by Gasteiger charge is 2.11. The van der Waals surface area contributed by atoms with Crippen LogP contribution in [-0.4, -0.2) is 28.5 Å². The van der Waals surface area contributed by atoms with E-state index in [9.17, 15) is 0 Å². The van der Waals surface area contributed by atoms with Gasteiger partial charge in [-0.2, -0.15) is 0 Å².